The number of thiophene rings is 1. The summed E-state index contributed by atoms with van der Waals surface area (Å²) >= 11 is 1.75. The van der Waals surface area contributed by atoms with Gasteiger partial charge in [0.15, 0.2) is 5.82 Å². The number of H-pyrrole nitrogens is 2. The van der Waals surface area contributed by atoms with E-state index in [1.807, 2.05) is 18.5 Å². The van der Waals surface area contributed by atoms with Gasteiger partial charge in [-0.15, -0.1) is 11.3 Å². The van der Waals surface area contributed by atoms with Crippen molar-refractivity contribution in [2.75, 3.05) is 0 Å². The number of aromatic amines is 2. The Balaban J connectivity index is 1.33. The van der Waals surface area contributed by atoms with E-state index in [1.165, 1.54) is 37.0 Å². The van der Waals surface area contributed by atoms with Gasteiger partial charge in [0.05, 0.1) is 17.2 Å². The summed E-state index contributed by atoms with van der Waals surface area (Å²) in [5.41, 5.74) is 8.79. The van der Waals surface area contributed by atoms with E-state index >= 15 is 0 Å². The second-order valence-electron chi connectivity index (χ2n) is 10.4. The molecule has 6 nitrogen and oxygen atoms in total. The van der Waals surface area contributed by atoms with Crippen LogP contribution in [-0.2, 0) is 0 Å². The van der Waals surface area contributed by atoms with E-state index in [1.54, 1.807) is 11.3 Å². The highest BCUT2D eigenvalue weighted by atomic mass is 32.1. The van der Waals surface area contributed by atoms with Gasteiger partial charge in [0.1, 0.15) is 11.2 Å². The third kappa shape index (κ3) is 5.05. The molecule has 0 saturated heterocycles. The maximum Gasteiger partial charge on any atom is 0.159 e. The fourth-order valence-corrected chi connectivity index (χ4v) is 6.44. The topological polar surface area (TPSA) is 82.3 Å². The Morgan fingerprint density at radius 2 is 1.95 bits per heavy atom. The number of nitrogens with zero attached hydrogens (tertiary/aromatic N) is 3. The molecule has 6 rings (SSSR count). The SMILES string of the molecule is C=C/C(=C\C(=C/C)c1ccc2[nH]nc(-c3nc4c(-c5ccc(C)s5)cncc4[nH]3)c2c1)NC(=C)C1CCCCC1. The van der Waals surface area contributed by atoms with E-state index in [0.29, 0.717) is 5.92 Å². The molecule has 1 aliphatic rings. The van der Waals surface area contributed by atoms with Crippen molar-refractivity contribution in [1.29, 1.82) is 0 Å². The molecule has 0 amide bonds. The minimum atomic E-state index is 0.527. The monoisotopic (exact) mass is 546 g/mol. The Kier molecular flexibility index (Phi) is 7.22. The standard InChI is InChI=1S/C33H34N6S/c1-5-22(16-25(6-2)35-21(4)23-10-8-7-9-11-23)24-13-14-28-26(17-24)32(39-38-28)33-36-29-19-34-18-27(31(29)37-33)30-15-12-20(3)40-30/h5-6,12-19,23,35H,2,4,7-11H2,1,3H3,(H,36,37)(H,38,39)/b22-5+,25-16+. The molecular weight excluding hydrogens is 512 g/mol. The molecule has 7 heteroatoms. The largest absolute Gasteiger partial charge is 0.359 e. The molecule has 0 radical (unpaired) electrons. The van der Waals surface area contributed by atoms with E-state index in [9.17, 15) is 0 Å². The van der Waals surface area contributed by atoms with E-state index in [-0.39, 0.29) is 0 Å². The number of fused-ring (bicyclic) bond motifs is 2. The molecule has 40 heavy (non-hydrogen) atoms. The summed E-state index contributed by atoms with van der Waals surface area (Å²) in [5, 5.41) is 12.4. The number of imidazole rings is 1. The molecule has 4 heterocycles. The second-order valence-corrected chi connectivity index (χ2v) is 11.7. The van der Waals surface area contributed by atoms with Crippen LogP contribution in [-0.4, -0.2) is 25.1 Å². The first-order valence-corrected chi connectivity index (χ1v) is 14.7. The first-order chi connectivity index (χ1) is 19.5. The summed E-state index contributed by atoms with van der Waals surface area (Å²) in [6, 6.07) is 10.6. The first kappa shape index (κ1) is 26.0. The van der Waals surface area contributed by atoms with Crippen LogP contribution in [0.5, 0.6) is 0 Å². The lowest BCUT2D eigenvalue weighted by Gasteiger charge is -2.25. The van der Waals surface area contributed by atoms with Crippen molar-refractivity contribution in [3.8, 4) is 22.0 Å². The van der Waals surface area contributed by atoms with Gasteiger partial charge in [0.25, 0.3) is 0 Å². The van der Waals surface area contributed by atoms with Crippen molar-refractivity contribution in [1.82, 2.24) is 30.5 Å². The van der Waals surface area contributed by atoms with Gasteiger partial charge in [0.2, 0.25) is 0 Å². The molecule has 0 unspecified atom stereocenters. The fraction of sp³-hybridized carbons (Fsp3) is 0.242. The predicted molar refractivity (Wildman–Crippen MR) is 168 cm³/mol. The number of benzene rings is 1. The van der Waals surface area contributed by atoms with Crippen LogP contribution in [0.4, 0.5) is 0 Å². The van der Waals surface area contributed by atoms with Crippen molar-refractivity contribution in [2.45, 2.75) is 46.0 Å². The number of hydrogen-bond acceptors (Lipinski definition) is 5. The highest BCUT2D eigenvalue weighted by Gasteiger charge is 2.18. The van der Waals surface area contributed by atoms with Gasteiger partial charge in [-0.25, -0.2) is 4.98 Å². The van der Waals surface area contributed by atoms with E-state index in [2.05, 4.69) is 95.0 Å². The molecule has 5 aromatic rings. The van der Waals surface area contributed by atoms with Crippen LogP contribution in [0.2, 0.25) is 0 Å². The third-order valence-corrected chi connectivity index (χ3v) is 8.80. The van der Waals surface area contributed by atoms with E-state index in [4.69, 9.17) is 4.98 Å². The van der Waals surface area contributed by atoms with Gasteiger partial charge in [-0.2, -0.15) is 5.10 Å². The highest BCUT2D eigenvalue weighted by Crippen LogP contribution is 2.35. The summed E-state index contributed by atoms with van der Waals surface area (Å²) in [6.45, 7) is 12.6. The van der Waals surface area contributed by atoms with Crippen molar-refractivity contribution < 1.29 is 0 Å². The quantitative estimate of drug-likeness (QED) is 0.170. The first-order valence-electron chi connectivity index (χ1n) is 13.9. The van der Waals surface area contributed by atoms with Gasteiger partial charge in [-0.3, -0.25) is 10.1 Å². The average molecular weight is 547 g/mol. The maximum atomic E-state index is 4.99. The molecule has 0 spiro atoms. The Morgan fingerprint density at radius 1 is 1.10 bits per heavy atom. The van der Waals surface area contributed by atoms with Crippen LogP contribution < -0.4 is 5.32 Å². The number of rotatable bonds is 8. The van der Waals surface area contributed by atoms with Gasteiger partial charge in [0, 0.05) is 38.3 Å². The molecule has 0 bridgehead atoms. The van der Waals surface area contributed by atoms with Crippen LogP contribution in [0, 0.1) is 12.8 Å². The van der Waals surface area contributed by atoms with Crippen LogP contribution in [0.25, 0.3) is 49.5 Å². The molecule has 0 aliphatic heterocycles. The summed E-state index contributed by atoms with van der Waals surface area (Å²) < 4.78 is 0. The number of aryl methyl sites for hydroxylation is 1. The van der Waals surface area contributed by atoms with Gasteiger partial charge >= 0.3 is 0 Å². The Morgan fingerprint density at radius 3 is 2.70 bits per heavy atom. The third-order valence-electron chi connectivity index (χ3n) is 7.77. The number of allylic oxidation sites excluding steroid dienone is 5. The summed E-state index contributed by atoms with van der Waals surface area (Å²) in [6.07, 6.45) is 16.1. The molecular formula is C33H34N6S. The minimum absolute atomic E-state index is 0.527. The lowest BCUT2D eigenvalue weighted by molar-refractivity contribution is 0.393. The van der Waals surface area contributed by atoms with Crippen molar-refractivity contribution in [3.05, 3.63) is 95.9 Å². The highest BCUT2D eigenvalue weighted by molar-refractivity contribution is 7.15. The maximum absolute atomic E-state index is 4.99. The van der Waals surface area contributed by atoms with Crippen LogP contribution in [0.15, 0.2) is 85.5 Å². The zero-order chi connectivity index (χ0) is 27.6. The zero-order valence-electron chi connectivity index (χ0n) is 23.1. The number of pyridine rings is 1. The number of nitrogens with one attached hydrogen (secondary N) is 3. The summed E-state index contributed by atoms with van der Waals surface area (Å²) in [4.78, 5) is 15.3. The molecule has 1 fully saturated rings. The predicted octanol–water partition coefficient (Wildman–Crippen LogP) is 8.69. The van der Waals surface area contributed by atoms with Crippen molar-refractivity contribution >= 4 is 38.8 Å². The van der Waals surface area contributed by atoms with Gasteiger partial charge in [-0.1, -0.05) is 44.6 Å². The molecule has 4 aromatic heterocycles. The molecule has 1 saturated carbocycles. The summed E-state index contributed by atoms with van der Waals surface area (Å²) in [7, 11) is 0. The second kappa shape index (κ2) is 11.1. The number of hydrogen-bond donors (Lipinski definition) is 3. The Hall–Kier alpha value is -4.23. The number of aromatic nitrogens is 5. The van der Waals surface area contributed by atoms with E-state index in [0.717, 1.165) is 66.4 Å². The normalized spacial score (nSPS) is 15.2. The van der Waals surface area contributed by atoms with Gasteiger partial charge < -0.3 is 10.3 Å². The lowest BCUT2D eigenvalue weighted by Crippen LogP contribution is -2.20. The van der Waals surface area contributed by atoms with Crippen molar-refractivity contribution in [2.24, 2.45) is 5.92 Å². The molecule has 3 N–H and O–H groups in total. The molecule has 0 atom stereocenters. The molecule has 202 valence electrons. The Bertz CT molecular complexity index is 1770. The summed E-state index contributed by atoms with van der Waals surface area (Å²) in [5.74, 6) is 1.25. The minimum Gasteiger partial charge on any atom is -0.359 e. The van der Waals surface area contributed by atoms with Gasteiger partial charge in [-0.05, 0) is 80.2 Å². The Labute approximate surface area is 238 Å². The molecule has 1 aliphatic carbocycles. The van der Waals surface area contributed by atoms with Crippen LogP contribution in [0.1, 0.15) is 49.5 Å². The van der Waals surface area contributed by atoms with E-state index < -0.39 is 0 Å². The fourth-order valence-electron chi connectivity index (χ4n) is 5.56. The van der Waals surface area contributed by atoms with Crippen LogP contribution >= 0.6 is 11.3 Å². The smallest absolute Gasteiger partial charge is 0.159 e. The van der Waals surface area contributed by atoms with Crippen molar-refractivity contribution in [3.63, 3.8) is 0 Å². The zero-order valence-corrected chi connectivity index (χ0v) is 23.9. The van der Waals surface area contributed by atoms with Crippen LogP contribution in [0.3, 0.4) is 0 Å². The lowest BCUT2D eigenvalue weighted by atomic mass is 9.87. The molecule has 1 aromatic carbocycles. The average Bonchev–Trinajstić information content (AvgIpc) is 3.72.